The topological polar surface area (TPSA) is 17.1 Å². The molecule has 34 valence electrons. The quantitative estimate of drug-likeness (QED) is 0.561. The Morgan fingerprint density at radius 2 is 1.17 bits per heavy atom. The van der Waals surface area contributed by atoms with Gasteiger partial charge >= 0.3 is 0 Å². The van der Waals surface area contributed by atoms with E-state index in [4.69, 9.17) is 0 Å². The molecular formula is C3H6OTa2. The molecule has 3 heteroatoms. The SMILES string of the molecule is CC(C)=O.[Ta].[Ta]. The normalized spacial score (nSPS) is 4.33. The molecule has 0 aromatic rings. The predicted molar refractivity (Wildman–Crippen MR) is 16.4 cm³/mol. The molecule has 2 radical (unpaired) electrons. The van der Waals surface area contributed by atoms with E-state index in [-0.39, 0.29) is 50.5 Å². The number of ketones is 1. The fourth-order valence-corrected chi connectivity index (χ4v) is 0. The van der Waals surface area contributed by atoms with Crippen molar-refractivity contribution in [2.75, 3.05) is 0 Å². The summed E-state index contributed by atoms with van der Waals surface area (Å²) in [5, 5.41) is 0. The van der Waals surface area contributed by atoms with Gasteiger partial charge in [0.2, 0.25) is 0 Å². The van der Waals surface area contributed by atoms with Crippen LogP contribution in [0.5, 0.6) is 0 Å². The van der Waals surface area contributed by atoms with Crippen LogP contribution in [0.3, 0.4) is 0 Å². The minimum absolute atomic E-state index is 0. The first kappa shape index (κ1) is 15.7. The van der Waals surface area contributed by atoms with Crippen LogP contribution < -0.4 is 0 Å². The van der Waals surface area contributed by atoms with Crippen molar-refractivity contribution in [2.24, 2.45) is 0 Å². The van der Waals surface area contributed by atoms with Gasteiger partial charge in [-0.15, -0.1) is 0 Å². The molecule has 0 unspecified atom stereocenters. The van der Waals surface area contributed by atoms with Crippen molar-refractivity contribution in [3.05, 3.63) is 0 Å². The number of Topliss-reactive ketones (excluding diaryl/α,β-unsaturated/α-hetero) is 1. The molecule has 0 bridgehead atoms. The van der Waals surface area contributed by atoms with Gasteiger partial charge in [-0.05, 0) is 13.8 Å². The van der Waals surface area contributed by atoms with Crippen molar-refractivity contribution in [1.29, 1.82) is 0 Å². The summed E-state index contributed by atoms with van der Waals surface area (Å²) in [6, 6.07) is 0. The molecule has 0 fully saturated rings. The largest absolute Gasteiger partial charge is 0.300 e. The Morgan fingerprint density at radius 1 is 1.17 bits per heavy atom. The molecule has 0 spiro atoms. The first-order chi connectivity index (χ1) is 1.73. The molecular weight excluding hydrogens is 414 g/mol. The van der Waals surface area contributed by atoms with Crippen molar-refractivity contribution in [3.63, 3.8) is 0 Å². The Bertz CT molecular complexity index is 31.8. The van der Waals surface area contributed by atoms with E-state index in [0.29, 0.717) is 0 Å². The van der Waals surface area contributed by atoms with E-state index >= 15 is 0 Å². The van der Waals surface area contributed by atoms with Crippen LogP contribution >= 0.6 is 0 Å². The number of carbonyl (C=O) groups excluding carboxylic acids is 1. The Morgan fingerprint density at radius 3 is 1.17 bits per heavy atom. The average molecular weight is 420 g/mol. The van der Waals surface area contributed by atoms with Gasteiger partial charge in [0, 0.05) is 44.8 Å². The van der Waals surface area contributed by atoms with Crippen LogP contribution in [0.25, 0.3) is 0 Å². The zero-order valence-electron chi connectivity index (χ0n) is 3.80. The van der Waals surface area contributed by atoms with Gasteiger partial charge in [0.05, 0.1) is 0 Å². The summed E-state index contributed by atoms with van der Waals surface area (Å²) in [4.78, 5) is 9.44. The van der Waals surface area contributed by atoms with Crippen LogP contribution in [-0.4, -0.2) is 5.78 Å². The fraction of sp³-hybridized carbons (Fsp3) is 0.667. The van der Waals surface area contributed by atoms with Gasteiger partial charge in [-0.1, -0.05) is 0 Å². The summed E-state index contributed by atoms with van der Waals surface area (Å²) in [5.74, 6) is 0.167. The van der Waals surface area contributed by atoms with Gasteiger partial charge in [-0.2, -0.15) is 0 Å². The summed E-state index contributed by atoms with van der Waals surface area (Å²) in [5.41, 5.74) is 0. The van der Waals surface area contributed by atoms with E-state index in [1.165, 1.54) is 13.8 Å². The average Bonchev–Trinajstić information content (AvgIpc) is 0.811. The number of carbonyl (C=O) groups is 1. The minimum Gasteiger partial charge on any atom is -0.300 e. The van der Waals surface area contributed by atoms with Crippen LogP contribution in [0.15, 0.2) is 0 Å². The summed E-state index contributed by atoms with van der Waals surface area (Å²) in [6.07, 6.45) is 0. The van der Waals surface area contributed by atoms with Gasteiger partial charge in [0.15, 0.2) is 0 Å². The smallest absolute Gasteiger partial charge is 0.126 e. The molecule has 0 amide bonds. The van der Waals surface area contributed by atoms with Crippen molar-refractivity contribution < 1.29 is 49.6 Å². The van der Waals surface area contributed by atoms with Gasteiger partial charge in [0.25, 0.3) is 0 Å². The van der Waals surface area contributed by atoms with Crippen molar-refractivity contribution in [3.8, 4) is 0 Å². The maximum atomic E-state index is 9.44. The van der Waals surface area contributed by atoms with Crippen LogP contribution in [-0.2, 0) is 49.6 Å². The molecule has 1 nitrogen and oxygen atoms in total. The number of hydrogen-bond donors (Lipinski definition) is 0. The molecule has 0 aliphatic rings. The second-order valence-corrected chi connectivity index (χ2v) is 0.908. The van der Waals surface area contributed by atoms with Crippen LogP contribution in [0.4, 0.5) is 0 Å². The first-order valence-corrected chi connectivity index (χ1v) is 1.20. The molecule has 0 aliphatic heterocycles. The second-order valence-electron chi connectivity index (χ2n) is 0.908. The summed E-state index contributed by atoms with van der Waals surface area (Å²) >= 11 is 0. The Hall–Kier alpha value is 1.15. The van der Waals surface area contributed by atoms with Gasteiger partial charge in [-0.25, -0.2) is 0 Å². The van der Waals surface area contributed by atoms with Gasteiger partial charge < -0.3 is 4.79 Å². The predicted octanol–water partition coefficient (Wildman–Crippen LogP) is 0.590. The van der Waals surface area contributed by atoms with Crippen molar-refractivity contribution in [1.82, 2.24) is 0 Å². The van der Waals surface area contributed by atoms with E-state index in [1.54, 1.807) is 0 Å². The molecule has 0 aromatic heterocycles. The van der Waals surface area contributed by atoms with E-state index in [0.717, 1.165) is 0 Å². The summed E-state index contributed by atoms with van der Waals surface area (Å²) in [6.45, 7) is 3.06. The number of rotatable bonds is 0. The maximum absolute atomic E-state index is 9.44. The van der Waals surface area contributed by atoms with E-state index in [1.807, 2.05) is 0 Å². The second kappa shape index (κ2) is 9.47. The zero-order valence-corrected chi connectivity index (χ0v) is 10.2. The Kier molecular flexibility index (Phi) is 24.8. The van der Waals surface area contributed by atoms with Crippen LogP contribution in [0.2, 0.25) is 0 Å². The third-order valence-corrected chi connectivity index (χ3v) is 0. The van der Waals surface area contributed by atoms with Crippen LogP contribution in [0, 0.1) is 0 Å². The Balaban J connectivity index is -0.0000000450. The molecule has 0 saturated carbocycles. The summed E-state index contributed by atoms with van der Waals surface area (Å²) in [7, 11) is 0. The minimum atomic E-state index is 0. The van der Waals surface area contributed by atoms with E-state index in [2.05, 4.69) is 0 Å². The Labute approximate surface area is 68.9 Å². The molecule has 0 atom stereocenters. The molecule has 6 heavy (non-hydrogen) atoms. The van der Waals surface area contributed by atoms with Gasteiger partial charge in [0.1, 0.15) is 5.78 Å². The molecule has 0 saturated heterocycles. The zero-order chi connectivity index (χ0) is 3.58. The molecule has 0 N–H and O–H groups in total. The van der Waals surface area contributed by atoms with Crippen molar-refractivity contribution in [2.45, 2.75) is 13.8 Å². The molecule has 0 aliphatic carbocycles. The van der Waals surface area contributed by atoms with Gasteiger partial charge in [-0.3, -0.25) is 0 Å². The fourth-order valence-electron chi connectivity index (χ4n) is 0. The van der Waals surface area contributed by atoms with E-state index < -0.39 is 0 Å². The third kappa shape index (κ3) is 67.0. The third-order valence-electron chi connectivity index (χ3n) is 0. The standard InChI is InChI=1S/C3H6O.2Ta/c1-3(2)4;;/h1-2H3;;. The molecule has 0 aromatic carbocycles. The molecule has 0 rings (SSSR count). The monoisotopic (exact) mass is 420 g/mol. The maximum Gasteiger partial charge on any atom is 0.126 e. The van der Waals surface area contributed by atoms with Crippen LogP contribution in [0.1, 0.15) is 13.8 Å². The van der Waals surface area contributed by atoms with E-state index in [9.17, 15) is 4.79 Å². The summed E-state index contributed by atoms with van der Waals surface area (Å²) < 4.78 is 0. The number of hydrogen-bond acceptors (Lipinski definition) is 1. The molecule has 0 heterocycles. The first-order valence-electron chi connectivity index (χ1n) is 1.20. The van der Waals surface area contributed by atoms with Crippen molar-refractivity contribution >= 4 is 5.78 Å².